The Balaban J connectivity index is 1.72. The number of aromatic nitrogens is 2. The number of unbranched alkanes of at least 4 members (excludes halogenated alkanes) is 1. The van der Waals surface area contributed by atoms with Crippen LogP contribution in [0.1, 0.15) is 33.6 Å². The highest BCUT2D eigenvalue weighted by molar-refractivity contribution is 5.96. The highest BCUT2D eigenvalue weighted by Crippen LogP contribution is 2.27. The summed E-state index contributed by atoms with van der Waals surface area (Å²) in [4.78, 5) is 31.4. The van der Waals surface area contributed by atoms with Crippen LogP contribution in [0.4, 0.5) is 10.7 Å². The molecule has 2 N–H and O–H groups in total. The molecule has 0 bridgehead atoms. The first-order chi connectivity index (χ1) is 12.5. The number of anilines is 1. The molecular weight excluding hydrogens is 330 g/mol. The van der Waals surface area contributed by atoms with E-state index in [1.807, 2.05) is 42.7 Å². The highest BCUT2D eigenvalue weighted by atomic mass is 16.2. The van der Waals surface area contributed by atoms with Crippen molar-refractivity contribution in [2.45, 2.75) is 46.2 Å². The molecule has 7 nitrogen and oxygen atoms in total. The van der Waals surface area contributed by atoms with Crippen molar-refractivity contribution < 1.29 is 9.59 Å². The van der Waals surface area contributed by atoms with Crippen LogP contribution in [-0.4, -0.2) is 40.6 Å². The SMILES string of the molecule is CCCCNC(=O)C(NC(=O)N1CCn2c1nc1ccccc12)C(C)C. The largest absolute Gasteiger partial charge is 0.354 e. The van der Waals surface area contributed by atoms with Crippen LogP contribution >= 0.6 is 0 Å². The van der Waals surface area contributed by atoms with Crippen molar-refractivity contribution in [3.05, 3.63) is 24.3 Å². The number of para-hydroxylation sites is 2. The summed E-state index contributed by atoms with van der Waals surface area (Å²) in [6.45, 7) is 7.84. The third kappa shape index (κ3) is 3.52. The molecule has 1 atom stereocenters. The van der Waals surface area contributed by atoms with Gasteiger partial charge in [0.05, 0.1) is 11.0 Å². The van der Waals surface area contributed by atoms with Crippen molar-refractivity contribution in [2.24, 2.45) is 5.92 Å². The van der Waals surface area contributed by atoms with Gasteiger partial charge >= 0.3 is 6.03 Å². The molecule has 3 amide bonds. The third-order valence-electron chi connectivity index (χ3n) is 4.73. The second kappa shape index (κ2) is 7.76. The maximum Gasteiger partial charge on any atom is 0.324 e. The summed E-state index contributed by atoms with van der Waals surface area (Å²) in [5.74, 6) is 0.508. The molecule has 0 saturated carbocycles. The zero-order valence-electron chi connectivity index (χ0n) is 15.7. The summed E-state index contributed by atoms with van der Waals surface area (Å²) in [5, 5.41) is 5.80. The number of amides is 3. The van der Waals surface area contributed by atoms with E-state index in [2.05, 4.69) is 22.5 Å². The van der Waals surface area contributed by atoms with Gasteiger partial charge in [-0.15, -0.1) is 0 Å². The molecule has 26 heavy (non-hydrogen) atoms. The first-order valence-corrected chi connectivity index (χ1v) is 9.34. The van der Waals surface area contributed by atoms with Crippen molar-refractivity contribution in [1.29, 1.82) is 0 Å². The van der Waals surface area contributed by atoms with E-state index in [4.69, 9.17) is 0 Å². The monoisotopic (exact) mass is 357 g/mol. The van der Waals surface area contributed by atoms with E-state index in [1.54, 1.807) is 4.90 Å². The number of carbonyl (C=O) groups excluding carboxylic acids is 2. The average Bonchev–Trinajstić information content (AvgIpc) is 3.18. The molecule has 7 heteroatoms. The van der Waals surface area contributed by atoms with E-state index in [0.717, 1.165) is 23.9 Å². The Morgan fingerprint density at radius 2 is 2.00 bits per heavy atom. The zero-order valence-corrected chi connectivity index (χ0v) is 15.7. The van der Waals surface area contributed by atoms with Gasteiger partial charge in [0.15, 0.2) is 0 Å². The summed E-state index contributed by atoms with van der Waals surface area (Å²) in [7, 11) is 0. The van der Waals surface area contributed by atoms with Crippen LogP contribution in [-0.2, 0) is 11.3 Å². The lowest BCUT2D eigenvalue weighted by molar-refractivity contribution is -0.123. The van der Waals surface area contributed by atoms with Crippen molar-refractivity contribution in [1.82, 2.24) is 20.2 Å². The van der Waals surface area contributed by atoms with Gasteiger partial charge in [-0.3, -0.25) is 9.69 Å². The van der Waals surface area contributed by atoms with Gasteiger partial charge < -0.3 is 15.2 Å². The summed E-state index contributed by atoms with van der Waals surface area (Å²) in [6, 6.07) is 7.02. The Bertz CT molecular complexity index is 798. The zero-order chi connectivity index (χ0) is 18.7. The highest BCUT2D eigenvalue weighted by Gasteiger charge is 2.32. The van der Waals surface area contributed by atoms with Crippen LogP contribution in [0.5, 0.6) is 0 Å². The van der Waals surface area contributed by atoms with Crippen LogP contribution < -0.4 is 15.5 Å². The van der Waals surface area contributed by atoms with E-state index in [9.17, 15) is 9.59 Å². The number of nitrogens with one attached hydrogen (secondary N) is 2. The maximum absolute atomic E-state index is 12.8. The van der Waals surface area contributed by atoms with Gasteiger partial charge in [-0.1, -0.05) is 39.3 Å². The predicted molar refractivity (Wildman–Crippen MR) is 102 cm³/mol. The second-order valence-corrected chi connectivity index (χ2v) is 7.02. The Morgan fingerprint density at radius 3 is 2.73 bits per heavy atom. The lowest BCUT2D eigenvalue weighted by Gasteiger charge is -2.24. The number of carbonyl (C=O) groups is 2. The number of imidazole rings is 1. The topological polar surface area (TPSA) is 79.3 Å². The fourth-order valence-electron chi connectivity index (χ4n) is 3.23. The quantitative estimate of drug-likeness (QED) is 0.780. The van der Waals surface area contributed by atoms with E-state index >= 15 is 0 Å². The van der Waals surface area contributed by atoms with Crippen molar-refractivity contribution >= 4 is 28.9 Å². The normalized spacial score (nSPS) is 14.5. The number of rotatable bonds is 6. The number of urea groups is 1. The fourth-order valence-corrected chi connectivity index (χ4v) is 3.23. The molecule has 2 aromatic rings. The Kier molecular flexibility index (Phi) is 5.44. The molecule has 1 aliphatic heterocycles. The molecule has 0 spiro atoms. The summed E-state index contributed by atoms with van der Waals surface area (Å²) >= 11 is 0. The molecular formula is C19H27N5O2. The van der Waals surface area contributed by atoms with Crippen molar-refractivity contribution in [3.8, 4) is 0 Å². The maximum atomic E-state index is 12.8. The third-order valence-corrected chi connectivity index (χ3v) is 4.73. The molecule has 1 aliphatic rings. The predicted octanol–water partition coefficient (Wildman–Crippen LogP) is 2.51. The van der Waals surface area contributed by atoms with Crippen LogP contribution in [0.2, 0.25) is 0 Å². The van der Waals surface area contributed by atoms with Gasteiger partial charge in [0.1, 0.15) is 6.04 Å². The summed E-state index contributed by atoms with van der Waals surface area (Å²) < 4.78 is 2.04. The number of nitrogens with zero attached hydrogens (tertiary/aromatic N) is 3. The molecule has 0 saturated heterocycles. The van der Waals surface area contributed by atoms with Gasteiger partial charge in [0, 0.05) is 19.6 Å². The smallest absolute Gasteiger partial charge is 0.324 e. The van der Waals surface area contributed by atoms with Gasteiger partial charge in [0.2, 0.25) is 11.9 Å². The lowest BCUT2D eigenvalue weighted by atomic mass is 10.0. The Morgan fingerprint density at radius 1 is 1.23 bits per heavy atom. The van der Waals surface area contributed by atoms with Gasteiger partial charge in [-0.05, 0) is 24.5 Å². The minimum atomic E-state index is -0.558. The van der Waals surface area contributed by atoms with Crippen LogP contribution in [0.15, 0.2) is 24.3 Å². The number of hydrogen-bond acceptors (Lipinski definition) is 3. The Hall–Kier alpha value is -2.57. The van der Waals surface area contributed by atoms with Gasteiger partial charge in [-0.25, -0.2) is 9.78 Å². The minimum Gasteiger partial charge on any atom is -0.354 e. The van der Waals surface area contributed by atoms with Gasteiger partial charge in [-0.2, -0.15) is 0 Å². The molecule has 0 aliphatic carbocycles. The molecule has 1 aromatic carbocycles. The average molecular weight is 357 g/mol. The number of fused-ring (bicyclic) bond motifs is 3. The molecule has 0 radical (unpaired) electrons. The molecule has 140 valence electrons. The molecule has 1 aromatic heterocycles. The van der Waals surface area contributed by atoms with Crippen molar-refractivity contribution in [3.63, 3.8) is 0 Å². The van der Waals surface area contributed by atoms with E-state index in [-0.39, 0.29) is 17.9 Å². The van der Waals surface area contributed by atoms with Gasteiger partial charge in [0.25, 0.3) is 0 Å². The Labute approximate surface area is 153 Å². The second-order valence-electron chi connectivity index (χ2n) is 7.02. The van der Waals surface area contributed by atoms with E-state index in [1.165, 1.54) is 0 Å². The first-order valence-electron chi connectivity index (χ1n) is 9.34. The lowest BCUT2D eigenvalue weighted by Crippen LogP contribution is -2.53. The van der Waals surface area contributed by atoms with Crippen molar-refractivity contribution in [2.75, 3.05) is 18.0 Å². The summed E-state index contributed by atoms with van der Waals surface area (Å²) in [6.07, 6.45) is 1.95. The first kappa shape index (κ1) is 18.2. The molecule has 0 fully saturated rings. The van der Waals surface area contributed by atoms with E-state index in [0.29, 0.717) is 25.6 Å². The van der Waals surface area contributed by atoms with Crippen LogP contribution in [0.25, 0.3) is 11.0 Å². The molecule has 3 rings (SSSR count). The van der Waals surface area contributed by atoms with Crippen LogP contribution in [0, 0.1) is 5.92 Å². The molecule has 2 heterocycles. The number of hydrogen-bond donors (Lipinski definition) is 2. The minimum absolute atomic E-state index is 0.00185. The van der Waals surface area contributed by atoms with E-state index < -0.39 is 6.04 Å². The molecule has 1 unspecified atom stereocenters. The number of benzene rings is 1. The van der Waals surface area contributed by atoms with Crippen LogP contribution in [0.3, 0.4) is 0 Å². The fraction of sp³-hybridized carbons (Fsp3) is 0.526. The summed E-state index contributed by atoms with van der Waals surface area (Å²) in [5.41, 5.74) is 1.90. The standard InChI is InChI=1S/C19H27N5O2/c1-4-5-10-20-17(25)16(13(2)3)22-19(26)24-12-11-23-15-9-7-6-8-14(15)21-18(23)24/h6-9,13,16H,4-5,10-12H2,1-3H3,(H,20,25)(H,22,26).